The first kappa shape index (κ1) is 23.2. The highest BCUT2D eigenvalue weighted by molar-refractivity contribution is 7.91. The number of benzene rings is 1. The molecule has 0 bridgehead atoms. The number of fused-ring (bicyclic) bond motifs is 1. The van der Waals surface area contributed by atoms with Gasteiger partial charge in [0.2, 0.25) is 5.91 Å². The van der Waals surface area contributed by atoms with Crippen LogP contribution in [0.25, 0.3) is 11.4 Å². The Balaban J connectivity index is 1.26. The molecule has 1 N–H and O–H groups in total. The highest BCUT2D eigenvalue weighted by Crippen LogP contribution is 2.28. The van der Waals surface area contributed by atoms with Gasteiger partial charge in [0.25, 0.3) is 10.0 Å². The highest BCUT2D eigenvalue weighted by Gasteiger charge is 2.27. The van der Waals surface area contributed by atoms with Crippen molar-refractivity contribution in [3.8, 4) is 11.4 Å². The van der Waals surface area contributed by atoms with E-state index >= 15 is 0 Å². The third kappa shape index (κ3) is 4.94. The van der Waals surface area contributed by atoms with E-state index in [0.717, 1.165) is 67.2 Å². The fraction of sp³-hybridized carbons (Fsp3) is 0.458. The molecule has 3 aromatic rings. The lowest BCUT2D eigenvalue weighted by Gasteiger charge is -2.25. The molecule has 2 aliphatic heterocycles. The summed E-state index contributed by atoms with van der Waals surface area (Å²) in [5.74, 6) is 1.68. The van der Waals surface area contributed by atoms with Crippen LogP contribution in [-0.4, -0.2) is 46.5 Å². The van der Waals surface area contributed by atoms with Crippen molar-refractivity contribution in [1.29, 1.82) is 0 Å². The van der Waals surface area contributed by atoms with Crippen molar-refractivity contribution < 1.29 is 13.2 Å². The van der Waals surface area contributed by atoms with Crippen molar-refractivity contribution in [3.63, 3.8) is 0 Å². The summed E-state index contributed by atoms with van der Waals surface area (Å²) in [4.78, 5) is 13.4. The van der Waals surface area contributed by atoms with Crippen molar-refractivity contribution >= 4 is 33.0 Å². The Morgan fingerprint density at radius 2 is 1.76 bits per heavy atom. The van der Waals surface area contributed by atoms with Gasteiger partial charge in [0.15, 0.2) is 5.82 Å². The van der Waals surface area contributed by atoms with Crippen LogP contribution in [-0.2, 0) is 34.2 Å². The van der Waals surface area contributed by atoms with E-state index in [2.05, 4.69) is 20.1 Å². The molecule has 5 rings (SSSR count). The number of carbonyl (C=O) groups is 1. The summed E-state index contributed by atoms with van der Waals surface area (Å²) in [7, 11) is -3.47. The van der Waals surface area contributed by atoms with E-state index in [4.69, 9.17) is 0 Å². The van der Waals surface area contributed by atoms with Gasteiger partial charge in [0, 0.05) is 42.2 Å². The van der Waals surface area contributed by atoms with Gasteiger partial charge < -0.3 is 9.88 Å². The summed E-state index contributed by atoms with van der Waals surface area (Å²) in [6.07, 6.45) is 7.39. The average molecular weight is 500 g/mol. The number of sulfonamides is 1. The lowest BCUT2D eigenvalue weighted by atomic mass is 10.1. The molecule has 0 unspecified atom stereocenters. The zero-order chi connectivity index (χ0) is 23.5. The fourth-order valence-electron chi connectivity index (χ4n) is 4.62. The molecule has 34 heavy (non-hydrogen) atoms. The maximum absolute atomic E-state index is 12.9. The summed E-state index contributed by atoms with van der Waals surface area (Å²) in [6, 6.07) is 11.0. The third-order valence-electron chi connectivity index (χ3n) is 6.39. The predicted molar refractivity (Wildman–Crippen MR) is 132 cm³/mol. The molecule has 0 spiro atoms. The van der Waals surface area contributed by atoms with Crippen LogP contribution >= 0.6 is 11.3 Å². The highest BCUT2D eigenvalue weighted by atomic mass is 32.2. The Morgan fingerprint density at radius 1 is 0.971 bits per heavy atom. The molecule has 1 amide bonds. The predicted octanol–water partition coefficient (Wildman–Crippen LogP) is 4.09. The molecule has 2 aromatic heterocycles. The minimum absolute atomic E-state index is 0.130. The maximum atomic E-state index is 12.9. The van der Waals surface area contributed by atoms with Crippen LogP contribution in [0.1, 0.15) is 49.2 Å². The molecule has 0 radical (unpaired) electrons. The monoisotopic (exact) mass is 499 g/mol. The molecule has 2 aliphatic rings. The van der Waals surface area contributed by atoms with Crippen molar-refractivity contribution in [2.24, 2.45) is 0 Å². The molecule has 1 saturated heterocycles. The van der Waals surface area contributed by atoms with Crippen LogP contribution in [0.3, 0.4) is 0 Å². The lowest BCUT2D eigenvalue weighted by molar-refractivity contribution is -0.115. The first-order valence-electron chi connectivity index (χ1n) is 11.9. The van der Waals surface area contributed by atoms with Gasteiger partial charge in [-0.2, -0.15) is 4.31 Å². The number of hydrogen-bond acceptors (Lipinski definition) is 6. The van der Waals surface area contributed by atoms with Crippen molar-refractivity contribution in [1.82, 2.24) is 19.1 Å². The number of aryl methyl sites for hydroxylation is 1. The van der Waals surface area contributed by atoms with Gasteiger partial charge in [-0.05, 0) is 49.9 Å². The van der Waals surface area contributed by atoms with E-state index in [-0.39, 0.29) is 12.3 Å². The summed E-state index contributed by atoms with van der Waals surface area (Å²) in [6.45, 7) is 2.05. The van der Waals surface area contributed by atoms with Gasteiger partial charge in [-0.25, -0.2) is 8.42 Å². The first-order valence-corrected chi connectivity index (χ1v) is 14.2. The standard InChI is InChI=1S/C24H29N5O3S2/c30-22(17-20-11-12-23(33-20)34(31,32)28-13-4-2-5-14-28)25-19-9-7-8-18(16-19)24-27-26-21-10-3-1-6-15-29(21)24/h7-9,11-12,16H,1-6,10,13-15,17H2,(H,25,30). The van der Waals surface area contributed by atoms with Crippen molar-refractivity contribution in [3.05, 3.63) is 47.1 Å². The smallest absolute Gasteiger partial charge is 0.252 e. The number of carbonyl (C=O) groups excluding carboxylic acids is 1. The summed E-state index contributed by atoms with van der Waals surface area (Å²) in [5, 5.41) is 11.7. The van der Waals surface area contributed by atoms with Crippen LogP contribution in [0, 0.1) is 0 Å². The molecular formula is C24H29N5O3S2. The third-order valence-corrected chi connectivity index (χ3v) is 9.85. The zero-order valence-electron chi connectivity index (χ0n) is 19.1. The second-order valence-electron chi connectivity index (χ2n) is 8.89. The SMILES string of the molecule is O=C(Cc1ccc(S(=O)(=O)N2CCCCC2)s1)Nc1cccc(-c2nnc3n2CCCCC3)c1. The number of nitrogens with zero attached hydrogens (tertiary/aromatic N) is 4. The molecule has 0 atom stereocenters. The number of piperidine rings is 1. The van der Waals surface area contributed by atoms with Crippen LogP contribution in [0.15, 0.2) is 40.6 Å². The number of hydrogen-bond donors (Lipinski definition) is 1. The summed E-state index contributed by atoms with van der Waals surface area (Å²) >= 11 is 1.18. The Hall–Kier alpha value is -2.56. The van der Waals surface area contributed by atoms with Gasteiger partial charge in [0.1, 0.15) is 10.0 Å². The number of rotatable bonds is 6. The first-order chi connectivity index (χ1) is 16.5. The minimum Gasteiger partial charge on any atom is -0.326 e. The van der Waals surface area contributed by atoms with Crippen molar-refractivity contribution in [2.45, 2.75) is 62.1 Å². The Labute approximate surface area is 204 Å². The molecule has 4 heterocycles. The van der Waals surface area contributed by atoms with E-state index in [1.807, 2.05) is 24.3 Å². The Bertz CT molecular complexity index is 1280. The fourth-order valence-corrected chi connectivity index (χ4v) is 7.65. The molecule has 10 heteroatoms. The molecule has 0 saturated carbocycles. The molecule has 180 valence electrons. The zero-order valence-corrected chi connectivity index (χ0v) is 20.7. The number of amides is 1. The van der Waals surface area contributed by atoms with Crippen LogP contribution in [0.2, 0.25) is 0 Å². The number of nitrogens with one attached hydrogen (secondary N) is 1. The number of anilines is 1. The molecule has 1 fully saturated rings. The van der Waals surface area contributed by atoms with Gasteiger partial charge in [-0.1, -0.05) is 25.0 Å². The molecular weight excluding hydrogens is 470 g/mol. The van der Waals surface area contributed by atoms with Gasteiger partial charge >= 0.3 is 0 Å². The van der Waals surface area contributed by atoms with E-state index in [0.29, 0.717) is 23.0 Å². The Kier molecular flexibility index (Phi) is 6.80. The number of thiophene rings is 1. The maximum Gasteiger partial charge on any atom is 0.252 e. The quantitative estimate of drug-likeness (QED) is 0.551. The van der Waals surface area contributed by atoms with Gasteiger partial charge in [-0.15, -0.1) is 21.5 Å². The molecule has 1 aromatic carbocycles. The second kappa shape index (κ2) is 9.97. The average Bonchev–Trinajstić information content (AvgIpc) is 3.41. The lowest BCUT2D eigenvalue weighted by Crippen LogP contribution is -2.35. The van der Waals surface area contributed by atoms with Gasteiger partial charge in [-0.3, -0.25) is 4.79 Å². The topological polar surface area (TPSA) is 97.2 Å². The van der Waals surface area contributed by atoms with Crippen LogP contribution in [0.5, 0.6) is 0 Å². The Morgan fingerprint density at radius 3 is 2.62 bits per heavy atom. The molecule has 8 nitrogen and oxygen atoms in total. The van der Waals surface area contributed by atoms with E-state index in [9.17, 15) is 13.2 Å². The van der Waals surface area contributed by atoms with E-state index in [1.165, 1.54) is 17.8 Å². The number of aromatic nitrogens is 3. The summed E-state index contributed by atoms with van der Waals surface area (Å²) in [5.41, 5.74) is 1.61. The normalized spacial score (nSPS) is 17.2. The van der Waals surface area contributed by atoms with Crippen LogP contribution < -0.4 is 5.32 Å². The van der Waals surface area contributed by atoms with Crippen LogP contribution in [0.4, 0.5) is 5.69 Å². The summed E-state index contributed by atoms with van der Waals surface area (Å²) < 4.78 is 29.8. The van der Waals surface area contributed by atoms with E-state index in [1.54, 1.807) is 16.4 Å². The van der Waals surface area contributed by atoms with E-state index < -0.39 is 10.0 Å². The minimum atomic E-state index is -3.47. The molecule has 0 aliphatic carbocycles. The second-order valence-corrected chi connectivity index (χ2v) is 12.2. The van der Waals surface area contributed by atoms with Gasteiger partial charge in [0.05, 0.1) is 6.42 Å². The largest absolute Gasteiger partial charge is 0.326 e. The van der Waals surface area contributed by atoms with Crippen molar-refractivity contribution in [2.75, 3.05) is 18.4 Å².